The van der Waals surface area contributed by atoms with E-state index in [1.54, 1.807) is 0 Å². The molecule has 0 aliphatic carbocycles. The van der Waals surface area contributed by atoms with E-state index < -0.39 is 22.3 Å². The van der Waals surface area contributed by atoms with Crippen molar-refractivity contribution in [2.24, 2.45) is 0 Å². The Labute approximate surface area is 125 Å². The van der Waals surface area contributed by atoms with E-state index >= 15 is 0 Å². The molecule has 0 amide bonds. The lowest BCUT2D eigenvalue weighted by Gasteiger charge is -2.12. The molecule has 21 heavy (non-hydrogen) atoms. The number of ether oxygens (including phenoxy) is 1. The first-order valence-electron chi connectivity index (χ1n) is 5.23. The highest BCUT2D eigenvalue weighted by atomic mass is 32.8. The van der Waals surface area contributed by atoms with Gasteiger partial charge in [-0.3, -0.25) is 4.79 Å². The third-order valence-electron chi connectivity index (χ3n) is 2.11. The summed E-state index contributed by atoms with van der Waals surface area (Å²) in [5.41, 5.74) is -0.0536. The molecule has 0 aromatic heterocycles. The summed E-state index contributed by atoms with van der Waals surface area (Å²) in [5, 5.41) is 0. The molecule has 0 radical (unpaired) electrons. The molecule has 0 saturated carbocycles. The van der Waals surface area contributed by atoms with Crippen LogP contribution in [0.15, 0.2) is 18.2 Å². The Morgan fingerprint density at radius 3 is 2.38 bits per heavy atom. The highest BCUT2D eigenvalue weighted by Gasteiger charge is 2.33. The Kier molecular flexibility index (Phi) is 5.81. The second-order valence-electron chi connectivity index (χ2n) is 3.58. The number of esters is 1. The number of alkyl halides is 3. The zero-order valence-corrected chi connectivity index (χ0v) is 12.4. The number of ketones is 1. The number of halogens is 3. The second kappa shape index (κ2) is 6.96. The van der Waals surface area contributed by atoms with Gasteiger partial charge in [-0.1, -0.05) is 0 Å². The predicted octanol–water partition coefficient (Wildman–Crippen LogP) is 2.50. The molecule has 0 heterocycles. The second-order valence-corrected chi connectivity index (χ2v) is 5.13. The molecule has 116 valence electrons. The van der Waals surface area contributed by atoms with E-state index in [4.69, 9.17) is 4.18 Å². The van der Waals surface area contributed by atoms with Crippen molar-refractivity contribution in [1.82, 2.24) is 0 Å². The maximum absolute atomic E-state index is 12.0. The lowest BCUT2D eigenvalue weighted by atomic mass is 10.1. The third kappa shape index (κ3) is 5.40. The van der Waals surface area contributed by atoms with Gasteiger partial charge in [-0.05, 0) is 25.1 Å². The molecule has 5 nitrogen and oxygen atoms in total. The molecular weight excluding hydrogens is 333 g/mol. The highest BCUT2D eigenvalue weighted by molar-refractivity contribution is 8.23. The molecule has 0 spiro atoms. The van der Waals surface area contributed by atoms with Crippen LogP contribution in [0.1, 0.15) is 27.6 Å². The smallest absolute Gasteiger partial charge is 0.465 e. The van der Waals surface area contributed by atoms with Crippen LogP contribution in [0.25, 0.3) is 0 Å². The maximum atomic E-state index is 12.0. The fourth-order valence-electron chi connectivity index (χ4n) is 1.26. The Bertz CT molecular complexity index is 586. The first-order chi connectivity index (χ1) is 9.64. The lowest BCUT2D eigenvalue weighted by Crippen LogP contribution is -2.18. The molecule has 0 saturated heterocycles. The van der Waals surface area contributed by atoms with Gasteiger partial charge in [-0.25, -0.2) is 4.79 Å². The van der Waals surface area contributed by atoms with Gasteiger partial charge in [-0.15, -0.1) is 13.2 Å². The summed E-state index contributed by atoms with van der Waals surface area (Å²) in [6.45, 7) is 1.27. The van der Waals surface area contributed by atoms with E-state index in [-0.39, 0.29) is 22.7 Å². The van der Waals surface area contributed by atoms with Gasteiger partial charge in [0.2, 0.25) is 10.0 Å². The summed E-state index contributed by atoms with van der Waals surface area (Å²) in [7, 11) is -1.30. The minimum absolute atomic E-state index is 0.170. The zero-order valence-electron chi connectivity index (χ0n) is 10.7. The van der Waals surface area contributed by atoms with Crippen LogP contribution in [0.2, 0.25) is 0 Å². The number of methoxy groups -OCH3 is 1. The van der Waals surface area contributed by atoms with E-state index in [1.807, 2.05) is 0 Å². The fourth-order valence-corrected chi connectivity index (χ4v) is 2.19. The van der Waals surface area contributed by atoms with Gasteiger partial charge in [0.15, 0.2) is 11.5 Å². The molecule has 0 N–H and O–H groups in total. The number of benzene rings is 1. The van der Waals surface area contributed by atoms with Crippen LogP contribution in [-0.2, 0) is 30.1 Å². The number of hydrogen-bond acceptors (Lipinski definition) is 6. The van der Waals surface area contributed by atoms with E-state index in [1.165, 1.54) is 13.0 Å². The summed E-state index contributed by atoms with van der Waals surface area (Å²) in [6.07, 6.45) is -4.96. The summed E-state index contributed by atoms with van der Waals surface area (Å²) >= 11 is 4.38. The van der Waals surface area contributed by atoms with Crippen molar-refractivity contribution >= 4 is 33.0 Å². The standard InChI is InChI=1S/C11H9F3O5S2/c1-6(15)7-3-4-9(8(5-7)10(16)17-2)18-21(20)19-11(12,13)14/h3-5H,1-2H3. The van der Waals surface area contributed by atoms with Crippen LogP contribution in [0, 0.1) is 0 Å². The first-order valence-corrected chi connectivity index (χ1v) is 7.23. The number of Topliss-reactive ketones (excluding diaryl/α,β-unsaturated/α-hetero) is 1. The van der Waals surface area contributed by atoms with E-state index in [0.29, 0.717) is 0 Å². The molecule has 1 unspecified atom stereocenters. The van der Waals surface area contributed by atoms with Gasteiger partial charge < -0.3 is 8.92 Å². The van der Waals surface area contributed by atoms with Crippen LogP contribution in [0.4, 0.5) is 13.2 Å². The monoisotopic (exact) mass is 342 g/mol. The molecule has 10 heteroatoms. The summed E-state index contributed by atoms with van der Waals surface area (Å²) in [5.74, 6) is -1.49. The zero-order chi connectivity index (χ0) is 16.2. The van der Waals surface area contributed by atoms with Crippen molar-refractivity contribution in [3.8, 4) is 5.75 Å². The molecule has 1 rings (SSSR count). The molecule has 1 aromatic carbocycles. The van der Waals surface area contributed by atoms with Crippen molar-refractivity contribution in [3.05, 3.63) is 29.3 Å². The molecular formula is C11H9F3O5S2. The number of carbonyl (C=O) groups excluding carboxylic acids is 2. The average Bonchev–Trinajstić information content (AvgIpc) is 2.35. The van der Waals surface area contributed by atoms with Gasteiger partial charge in [0.1, 0.15) is 5.56 Å². The summed E-state index contributed by atoms with van der Waals surface area (Å²) in [4.78, 5) is 22.8. The van der Waals surface area contributed by atoms with Crippen LogP contribution in [-0.4, -0.2) is 25.2 Å². The Morgan fingerprint density at radius 2 is 1.90 bits per heavy atom. The molecule has 0 aliphatic heterocycles. The lowest BCUT2D eigenvalue weighted by molar-refractivity contribution is -0.269. The highest BCUT2D eigenvalue weighted by Crippen LogP contribution is 2.25. The van der Waals surface area contributed by atoms with Gasteiger partial charge in [-0.2, -0.15) is 4.18 Å². The maximum Gasteiger partial charge on any atom is 0.536 e. The average molecular weight is 342 g/mol. The van der Waals surface area contributed by atoms with Crippen LogP contribution in [0.3, 0.4) is 0 Å². The van der Waals surface area contributed by atoms with Gasteiger partial charge in [0.05, 0.1) is 7.11 Å². The third-order valence-corrected chi connectivity index (χ3v) is 3.16. The van der Waals surface area contributed by atoms with E-state index in [9.17, 15) is 22.8 Å². The topological polar surface area (TPSA) is 61.8 Å². The summed E-state index contributed by atoms with van der Waals surface area (Å²) < 4.78 is 48.7. The van der Waals surface area contributed by atoms with Gasteiger partial charge in [0.25, 0.3) is 0 Å². The minimum atomic E-state index is -4.96. The molecule has 1 atom stereocenters. The number of carbonyl (C=O) groups is 2. The molecule has 0 fully saturated rings. The minimum Gasteiger partial charge on any atom is -0.465 e. The van der Waals surface area contributed by atoms with Gasteiger partial charge in [0, 0.05) is 16.8 Å². The molecule has 0 bridgehead atoms. The largest absolute Gasteiger partial charge is 0.536 e. The van der Waals surface area contributed by atoms with E-state index in [0.717, 1.165) is 19.2 Å². The van der Waals surface area contributed by atoms with E-state index in [2.05, 4.69) is 20.1 Å². The quantitative estimate of drug-likeness (QED) is 0.605. The Morgan fingerprint density at radius 1 is 1.29 bits per heavy atom. The predicted molar refractivity (Wildman–Crippen MR) is 70.3 cm³/mol. The number of rotatable bonds is 5. The Hall–Kier alpha value is -1.52. The van der Waals surface area contributed by atoms with Gasteiger partial charge >= 0.3 is 12.3 Å². The van der Waals surface area contributed by atoms with Crippen molar-refractivity contribution in [2.45, 2.75) is 13.3 Å². The van der Waals surface area contributed by atoms with Crippen LogP contribution in [0.5, 0.6) is 5.75 Å². The normalized spacial score (nSPS) is 12.6. The van der Waals surface area contributed by atoms with Crippen LogP contribution < -0.4 is 4.18 Å². The summed E-state index contributed by atoms with van der Waals surface area (Å²) in [6, 6.07) is 3.57. The SMILES string of the molecule is COC(=O)c1cc(C(C)=O)ccc1OS(=S)OC(F)(F)F. The van der Waals surface area contributed by atoms with Crippen molar-refractivity contribution in [2.75, 3.05) is 7.11 Å². The number of hydrogen-bond donors (Lipinski definition) is 0. The fraction of sp³-hybridized carbons (Fsp3) is 0.273. The Balaban J connectivity index is 3.09. The van der Waals surface area contributed by atoms with Crippen LogP contribution >= 0.6 is 0 Å². The molecule has 0 aliphatic rings. The first kappa shape index (κ1) is 17.5. The van der Waals surface area contributed by atoms with Crippen molar-refractivity contribution in [3.63, 3.8) is 0 Å². The molecule has 1 aromatic rings. The van der Waals surface area contributed by atoms with Crippen molar-refractivity contribution < 1.29 is 35.9 Å². The van der Waals surface area contributed by atoms with Crippen molar-refractivity contribution in [1.29, 1.82) is 0 Å².